The van der Waals surface area contributed by atoms with Crippen molar-refractivity contribution in [2.75, 3.05) is 0 Å². The Morgan fingerprint density at radius 3 is 2.33 bits per heavy atom. The van der Waals surface area contributed by atoms with Gasteiger partial charge >= 0.3 is 5.97 Å². The van der Waals surface area contributed by atoms with Crippen molar-refractivity contribution < 1.29 is 19.2 Å². The quantitative estimate of drug-likeness (QED) is 0.768. The van der Waals surface area contributed by atoms with Crippen molar-refractivity contribution in [2.24, 2.45) is 0 Å². The normalized spacial score (nSPS) is 13.3. The van der Waals surface area contributed by atoms with E-state index in [1.165, 1.54) is 24.4 Å². The summed E-state index contributed by atoms with van der Waals surface area (Å²) in [7, 11) is 0. The SMILES string of the molecule is Cc1cnnc(C(=O)ON2C(=O)c3ccccc3C2=O)c1. The second-order valence-corrected chi connectivity index (χ2v) is 4.45. The Bertz CT molecular complexity index is 737. The Labute approximate surface area is 119 Å². The van der Waals surface area contributed by atoms with Crippen LogP contribution in [0.15, 0.2) is 36.5 Å². The van der Waals surface area contributed by atoms with Crippen LogP contribution in [-0.4, -0.2) is 33.0 Å². The van der Waals surface area contributed by atoms with Crippen molar-refractivity contribution in [3.05, 3.63) is 58.9 Å². The van der Waals surface area contributed by atoms with E-state index in [0.29, 0.717) is 10.6 Å². The maximum Gasteiger partial charge on any atom is 0.384 e. The summed E-state index contributed by atoms with van der Waals surface area (Å²) in [5.41, 5.74) is 1.03. The number of hydroxylamine groups is 2. The molecule has 0 saturated carbocycles. The number of carbonyl (C=O) groups excluding carboxylic acids is 3. The second-order valence-electron chi connectivity index (χ2n) is 4.45. The maximum atomic E-state index is 12.0. The third kappa shape index (κ3) is 2.14. The van der Waals surface area contributed by atoms with Gasteiger partial charge in [-0.25, -0.2) is 4.79 Å². The fourth-order valence-corrected chi connectivity index (χ4v) is 1.94. The van der Waals surface area contributed by atoms with Gasteiger partial charge in [-0.1, -0.05) is 17.2 Å². The monoisotopic (exact) mass is 283 g/mol. The third-order valence-electron chi connectivity index (χ3n) is 2.93. The van der Waals surface area contributed by atoms with E-state index in [1.807, 2.05) is 0 Å². The second kappa shape index (κ2) is 4.78. The lowest BCUT2D eigenvalue weighted by Crippen LogP contribution is -2.33. The molecule has 1 aliphatic heterocycles. The summed E-state index contributed by atoms with van der Waals surface area (Å²) in [6.07, 6.45) is 1.47. The molecule has 104 valence electrons. The van der Waals surface area contributed by atoms with Gasteiger partial charge in [0, 0.05) is 0 Å². The third-order valence-corrected chi connectivity index (χ3v) is 2.93. The van der Waals surface area contributed by atoms with E-state index in [2.05, 4.69) is 10.2 Å². The minimum atomic E-state index is -0.916. The van der Waals surface area contributed by atoms with Gasteiger partial charge in [-0.05, 0) is 30.7 Å². The van der Waals surface area contributed by atoms with E-state index >= 15 is 0 Å². The van der Waals surface area contributed by atoms with E-state index in [0.717, 1.165) is 0 Å². The van der Waals surface area contributed by atoms with Crippen molar-refractivity contribution in [1.82, 2.24) is 15.3 Å². The van der Waals surface area contributed by atoms with Crippen LogP contribution >= 0.6 is 0 Å². The molecule has 7 nitrogen and oxygen atoms in total. The fraction of sp³-hybridized carbons (Fsp3) is 0.0714. The van der Waals surface area contributed by atoms with Gasteiger partial charge in [-0.3, -0.25) is 9.59 Å². The number of fused-ring (bicyclic) bond motifs is 1. The van der Waals surface area contributed by atoms with Crippen LogP contribution in [0.2, 0.25) is 0 Å². The summed E-state index contributed by atoms with van der Waals surface area (Å²) in [6.45, 7) is 1.73. The molecule has 1 aromatic carbocycles. The molecule has 21 heavy (non-hydrogen) atoms. The molecule has 0 aliphatic carbocycles. The molecule has 0 bridgehead atoms. The van der Waals surface area contributed by atoms with E-state index in [9.17, 15) is 14.4 Å². The first-order valence-corrected chi connectivity index (χ1v) is 6.07. The summed E-state index contributed by atoms with van der Waals surface area (Å²) in [4.78, 5) is 40.8. The maximum absolute atomic E-state index is 12.0. The Morgan fingerprint density at radius 1 is 1.14 bits per heavy atom. The number of imide groups is 1. The van der Waals surface area contributed by atoms with Gasteiger partial charge in [0.05, 0.1) is 17.3 Å². The van der Waals surface area contributed by atoms with Gasteiger partial charge in [0.1, 0.15) is 0 Å². The molecule has 1 aliphatic rings. The van der Waals surface area contributed by atoms with Crippen molar-refractivity contribution in [2.45, 2.75) is 6.92 Å². The van der Waals surface area contributed by atoms with Gasteiger partial charge in [-0.15, -0.1) is 5.10 Å². The van der Waals surface area contributed by atoms with Crippen LogP contribution in [0.3, 0.4) is 0 Å². The highest BCUT2D eigenvalue weighted by atomic mass is 16.7. The van der Waals surface area contributed by atoms with Crippen LogP contribution in [0.25, 0.3) is 0 Å². The molecule has 7 heteroatoms. The van der Waals surface area contributed by atoms with Crippen LogP contribution < -0.4 is 0 Å². The van der Waals surface area contributed by atoms with Crippen molar-refractivity contribution in [3.8, 4) is 0 Å². The van der Waals surface area contributed by atoms with Crippen molar-refractivity contribution >= 4 is 17.8 Å². The molecule has 0 spiro atoms. The molecule has 1 aromatic heterocycles. The predicted molar refractivity (Wildman–Crippen MR) is 69.1 cm³/mol. The number of amides is 2. The summed E-state index contributed by atoms with van der Waals surface area (Å²) in [5.74, 6) is -2.27. The van der Waals surface area contributed by atoms with E-state index in [4.69, 9.17) is 4.84 Å². The highest BCUT2D eigenvalue weighted by molar-refractivity contribution is 6.21. The molecular weight excluding hydrogens is 274 g/mol. The first kappa shape index (κ1) is 12.9. The molecule has 2 amide bonds. The standard InChI is InChI=1S/C14H9N3O4/c1-8-6-11(16-15-7-8)14(20)21-17-12(18)9-4-2-3-5-10(9)13(17)19/h2-7H,1H3. The number of hydrogen-bond acceptors (Lipinski definition) is 6. The summed E-state index contributed by atoms with van der Waals surface area (Å²) < 4.78 is 0. The predicted octanol–water partition coefficient (Wildman–Crippen LogP) is 1.15. The highest BCUT2D eigenvalue weighted by Gasteiger charge is 2.39. The zero-order chi connectivity index (χ0) is 15.0. The lowest BCUT2D eigenvalue weighted by molar-refractivity contribution is -0.0589. The van der Waals surface area contributed by atoms with E-state index in [1.54, 1.807) is 19.1 Å². The summed E-state index contributed by atoms with van der Waals surface area (Å²) >= 11 is 0. The summed E-state index contributed by atoms with van der Waals surface area (Å²) in [6, 6.07) is 7.70. The number of aromatic nitrogens is 2. The minimum absolute atomic E-state index is 0.0773. The molecule has 2 heterocycles. The Kier molecular flexibility index (Phi) is 2.94. The number of benzene rings is 1. The van der Waals surface area contributed by atoms with Crippen LogP contribution in [0.1, 0.15) is 36.8 Å². The van der Waals surface area contributed by atoms with Crippen LogP contribution in [0, 0.1) is 6.92 Å². The lowest BCUT2D eigenvalue weighted by atomic mass is 10.1. The molecular formula is C14H9N3O4. The van der Waals surface area contributed by atoms with Crippen molar-refractivity contribution in [3.63, 3.8) is 0 Å². The topological polar surface area (TPSA) is 89.5 Å². The number of hydrogen-bond donors (Lipinski definition) is 0. The molecule has 3 rings (SSSR count). The van der Waals surface area contributed by atoms with Crippen LogP contribution in [-0.2, 0) is 4.84 Å². The molecule has 0 fully saturated rings. The lowest BCUT2D eigenvalue weighted by Gasteiger charge is -2.11. The van der Waals surface area contributed by atoms with Crippen LogP contribution in [0.5, 0.6) is 0 Å². The van der Waals surface area contributed by atoms with Gasteiger partial charge in [0.2, 0.25) is 0 Å². The molecule has 0 unspecified atom stereocenters. The largest absolute Gasteiger partial charge is 0.384 e. The summed E-state index contributed by atoms with van der Waals surface area (Å²) in [5, 5.41) is 7.67. The number of carbonyl (C=O) groups is 3. The average molecular weight is 283 g/mol. The van der Waals surface area contributed by atoms with Gasteiger partial charge in [-0.2, -0.15) is 5.10 Å². The van der Waals surface area contributed by atoms with Crippen LogP contribution in [0.4, 0.5) is 0 Å². The Hall–Kier alpha value is -3.09. The Balaban J connectivity index is 1.85. The zero-order valence-corrected chi connectivity index (χ0v) is 10.9. The zero-order valence-electron chi connectivity index (χ0n) is 10.9. The van der Waals surface area contributed by atoms with Gasteiger partial charge < -0.3 is 4.84 Å². The van der Waals surface area contributed by atoms with Crippen molar-refractivity contribution in [1.29, 1.82) is 0 Å². The first-order valence-electron chi connectivity index (χ1n) is 6.07. The molecule has 0 N–H and O–H groups in total. The number of rotatable bonds is 2. The highest BCUT2D eigenvalue weighted by Crippen LogP contribution is 2.23. The average Bonchev–Trinajstić information content (AvgIpc) is 2.73. The fourth-order valence-electron chi connectivity index (χ4n) is 1.94. The smallest absolute Gasteiger partial charge is 0.322 e. The molecule has 0 atom stereocenters. The molecule has 0 saturated heterocycles. The van der Waals surface area contributed by atoms with E-state index in [-0.39, 0.29) is 16.8 Å². The number of nitrogens with zero attached hydrogens (tertiary/aromatic N) is 3. The molecule has 2 aromatic rings. The van der Waals surface area contributed by atoms with Gasteiger partial charge in [0.15, 0.2) is 5.69 Å². The number of aryl methyl sites for hydroxylation is 1. The van der Waals surface area contributed by atoms with E-state index < -0.39 is 17.8 Å². The van der Waals surface area contributed by atoms with Gasteiger partial charge in [0.25, 0.3) is 11.8 Å². The Morgan fingerprint density at radius 2 is 1.76 bits per heavy atom. The first-order chi connectivity index (χ1) is 10.1. The minimum Gasteiger partial charge on any atom is -0.322 e. The molecule has 0 radical (unpaired) electrons.